The maximum atomic E-state index is 13.1. The van der Waals surface area contributed by atoms with Gasteiger partial charge in [0.1, 0.15) is 0 Å². The fraction of sp³-hybridized carbons (Fsp3) is 0.444. The number of carbonyl (C=O) groups excluding carboxylic acids is 1. The number of hydrogen-bond acceptors (Lipinski definition) is 4. The molecule has 1 N–H and O–H groups in total. The molecule has 1 amide bonds. The van der Waals surface area contributed by atoms with Crippen LogP contribution in [0.5, 0.6) is 0 Å². The van der Waals surface area contributed by atoms with E-state index in [-0.39, 0.29) is 23.4 Å². The lowest BCUT2D eigenvalue weighted by atomic mass is 10.4. The molecule has 0 radical (unpaired) electrons. The third-order valence-electron chi connectivity index (χ3n) is 1.84. The Morgan fingerprint density at radius 2 is 2.31 bits per heavy atom. The summed E-state index contributed by atoms with van der Waals surface area (Å²) in [5, 5.41) is 2.64. The minimum absolute atomic E-state index is 0.00607. The quantitative estimate of drug-likeness (QED) is 0.810. The molecular formula is C9H12ClFN4O. The van der Waals surface area contributed by atoms with Crippen molar-refractivity contribution in [1.82, 2.24) is 14.9 Å². The van der Waals surface area contributed by atoms with Crippen LogP contribution in [0.4, 0.5) is 10.2 Å². The van der Waals surface area contributed by atoms with Crippen molar-refractivity contribution in [2.24, 2.45) is 0 Å². The minimum atomic E-state index is -0.596. The van der Waals surface area contributed by atoms with Gasteiger partial charge in [0.15, 0.2) is 11.6 Å². The van der Waals surface area contributed by atoms with Crippen molar-refractivity contribution >= 4 is 23.3 Å². The number of hydrogen-bond donors (Lipinski definition) is 1. The Bertz CT molecular complexity index is 386. The van der Waals surface area contributed by atoms with E-state index in [0.29, 0.717) is 6.54 Å². The van der Waals surface area contributed by atoms with Crippen LogP contribution in [-0.2, 0) is 4.79 Å². The van der Waals surface area contributed by atoms with E-state index in [2.05, 4.69) is 15.3 Å². The highest BCUT2D eigenvalue weighted by atomic mass is 35.5. The van der Waals surface area contributed by atoms with Crippen LogP contribution in [0.15, 0.2) is 6.20 Å². The van der Waals surface area contributed by atoms with Crippen LogP contribution in [0, 0.1) is 5.82 Å². The van der Waals surface area contributed by atoms with Crippen LogP contribution in [-0.4, -0.2) is 41.4 Å². The molecule has 0 atom stereocenters. The highest BCUT2D eigenvalue weighted by Crippen LogP contribution is 2.11. The van der Waals surface area contributed by atoms with Gasteiger partial charge in [0.2, 0.25) is 11.2 Å². The molecular weight excluding hydrogens is 235 g/mol. The molecule has 0 saturated heterocycles. The van der Waals surface area contributed by atoms with Gasteiger partial charge in [-0.1, -0.05) is 0 Å². The first-order chi connectivity index (χ1) is 7.50. The number of rotatable bonds is 4. The standard InChI is InChI=1S/C9H12ClFN4O/c1-15(2)7(16)3-4-12-8-6(11)5-13-9(10)14-8/h5H,3-4H2,1-2H3,(H,12,13,14). The average molecular weight is 247 g/mol. The van der Waals surface area contributed by atoms with E-state index in [1.165, 1.54) is 4.90 Å². The summed E-state index contributed by atoms with van der Waals surface area (Å²) in [6, 6.07) is 0. The van der Waals surface area contributed by atoms with Crippen LogP contribution >= 0.6 is 11.6 Å². The molecule has 1 heterocycles. The van der Waals surface area contributed by atoms with E-state index in [9.17, 15) is 9.18 Å². The molecule has 0 spiro atoms. The second-order valence-electron chi connectivity index (χ2n) is 3.30. The van der Waals surface area contributed by atoms with Gasteiger partial charge in [0.25, 0.3) is 0 Å². The number of aromatic nitrogens is 2. The lowest BCUT2D eigenvalue weighted by molar-refractivity contribution is -0.128. The predicted molar refractivity (Wildman–Crippen MR) is 58.8 cm³/mol. The second-order valence-corrected chi connectivity index (χ2v) is 3.64. The van der Waals surface area contributed by atoms with Gasteiger partial charge in [-0.05, 0) is 11.6 Å². The summed E-state index contributed by atoms with van der Waals surface area (Å²) in [4.78, 5) is 19.8. The SMILES string of the molecule is CN(C)C(=O)CCNc1nc(Cl)ncc1F. The normalized spacial score (nSPS) is 10.0. The van der Waals surface area contributed by atoms with Gasteiger partial charge in [-0.15, -0.1) is 0 Å². The topological polar surface area (TPSA) is 58.1 Å². The highest BCUT2D eigenvalue weighted by molar-refractivity contribution is 6.28. The average Bonchev–Trinajstić information content (AvgIpc) is 2.22. The summed E-state index contributed by atoms with van der Waals surface area (Å²) < 4.78 is 13.1. The molecule has 0 unspecified atom stereocenters. The van der Waals surface area contributed by atoms with Crippen LogP contribution in [0.2, 0.25) is 5.28 Å². The van der Waals surface area contributed by atoms with Crippen LogP contribution in [0.1, 0.15) is 6.42 Å². The van der Waals surface area contributed by atoms with Crippen molar-refractivity contribution in [3.05, 3.63) is 17.3 Å². The molecule has 1 rings (SSSR count). The van der Waals surface area contributed by atoms with Gasteiger partial charge in [0.05, 0.1) is 6.20 Å². The smallest absolute Gasteiger partial charge is 0.224 e. The molecule has 0 aromatic carbocycles. The van der Waals surface area contributed by atoms with E-state index in [1.807, 2.05) is 0 Å². The first kappa shape index (κ1) is 12.6. The van der Waals surface area contributed by atoms with Crippen molar-refractivity contribution < 1.29 is 9.18 Å². The summed E-state index contributed by atoms with van der Waals surface area (Å²) in [6.07, 6.45) is 1.24. The van der Waals surface area contributed by atoms with Gasteiger partial charge in [0, 0.05) is 27.1 Å². The minimum Gasteiger partial charge on any atom is -0.367 e. The first-order valence-corrected chi connectivity index (χ1v) is 5.00. The van der Waals surface area contributed by atoms with Crippen molar-refractivity contribution in [2.75, 3.05) is 26.0 Å². The van der Waals surface area contributed by atoms with E-state index in [4.69, 9.17) is 11.6 Å². The summed E-state index contributed by atoms with van der Waals surface area (Å²) >= 11 is 5.50. The third kappa shape index (κ3) is 3.62. The Balaban J connectivity index is 2.49. The van der Waals surface area contributed by atoms with Crippen LogP contribution in [0.3, 0.4) is 0 Å². The molecule has 0 aliphatic carbocycles. The molecule has 5 nitrogen and oxygen atoms in total. The summed E-state index contributed by atoms with van der Waals surface area (Å²) in [7, 11) is 3.31. The molecule has 0 fully saturated rings. The zero-order valence-corrected chi connectivity index (χ0v) is 9.75. The Hall–Kier alpha value is -1.43. The summed E-state index contributed by atoms with van der Waals surface area (Å²) in [5.74, 6) is -0.638. The molecule has 0 bridgehead atoms. The number of nitrogens with zero attached hydrogens (tertiary/aromatic N) is 3. The predicted octanol–water partition coefficient (Wildman–Crippen LogP) is 1.16. The van der Waals surface area contributed by atoms with Gasteiger partial charge in [-0.3, -0.25) is 4.79 Å². The summed E-state index contributed by atoms with van der Waals surface area (Å²) in [6.45, 7) is 0.293. The Labute approximate surface area is 97.6 Å². The fourth-order valence-corrected chi connectivity index (χ4v) is 1.11. The maximum Gasteiger partial charge on any atom is 0.224 e. The summed E-state index contributed by atoms with van der Waals surface area (Å²) in [5.41, 5.74) is 0. The second kappa shape index (κ2) is 5.60. The van der Waals surface area contributed by atoms with Crippen LogP contribution < -0.4 is 5.32 Å². The van der Waals surface area contributed by atoms with Crippen LogP contribution in [0.25, 0.3) is 0 Å². The third-order valence-corrected chi connectivity index (χ3v) is 2.03. The Morgan fingerprint density at radius 1 is 1.62 bits per heavy atom. The largest absolute Gasteiger partial charge is 0.367 e. The number of carbonyl (C=O) groups is 1. The fourth-order valence-electron chi connectivity index (χ4n) is 0.981. The number of anilines is 1. The zero-order valence-electron chi connectivity index (χ0n) is 9.00. The van der Waals surface area contributed by atoms with Crippen molar-refractivity contribution in [3.63, 3.8) is 0 Å². The lowest BCUT2D eigenvalue weighted by Gasteiger charge is -2.10. The van der Waals surface area contributed by atoms with Crippen molar-refractivity contribution in [2.45, 2.75) is 6.42 Å². The van der Waals surface area contributed by atoms with E-state index in [0.717, 1.165) is 6.20 Å². The molecule has 0 aliphatic heterocycles. The Morgan fingerprint density at radius 3 is 2.94 bits per heavy atom. The van der Waals surface area contributed by atoms with Gasteiger partial charge < -0.3 is 10.2 Å². The molecule has 1 aromatic rings. The van der Waals surface area contributed by atoms with Gasteiger partial charge >= 0.3 is 0 Å². The molecule has 0 saturated carbocycles. The molecule has 0 aliphatic rings. The monoisotopic (exact) mass is 246 g/mol. The van der Waals surface area contributed by atoms with E-state index >= 15 is 0 Å². The Kier molecular flexibility index (Phi) is 4.42. The van der Waals surface area contributed by atoms with E-state index in [1.54, 1.807) is 14.1 Å². The molecule has 16 heavy (non-hydrogen) atoms. The van der Waals surface area contributed by atoms with E-state index < -0.39 is 5.82 Å². The lowest BCUT2D eigenvalue weighted by Crippen LogP contribution is -2.24. The van der Waals surface area contributed by atoms with Crippen molar-refractivity contribution in [3.8, 4) is 0 Å². The molecule has 7 heteroatoms. The maximum absolute atomic E-state index is 13.1. The van der Waals surface area contributed by atoms with Crippen molar-refractivity contribution in [1.29, 1.82) is 0 Å². The highest BCUT2D eigenvalue weighted by Gasteiger charge is 2.07. The number of amides is 1. The molecule has 88 valence electrons. The van der Waals surface area contributed by atoms with Gasteiger partial charge in [-0.25, -0.2) is 9.37 Å². The molecule has 1 aromatic heterocycles. The first-order valence-electron chi connectivity index (χ1n) is 4.62. The number of halogens is 2. The van der Waals surface area contributed by atoms with Gasteiger partial charge in [-0.2, -0.15) is 4.98 Å². The zero-order chi connectivity index (χ0) is 12.1. The number of nitrogens with one attached hydrogen (secondary N) is 1.